The number of aromatic amines is 1. The van der Waals surface area contributed by atoms with Crippen molar-refractivity contribution in [2.45, 2.75) is 33.1 Å². The number of nitrogens with zero attached hydrogens (tertiary/aromatic N) is 3. The fourth-order valence-corrected chi connectivity index (χ4v) is 2.97. The van der Waals surface area contributed by atoms with E-state index in [-0.39, 0.29) is 23.3 Å². The van der Waals surface area contributed by atoms with E-state index in [0.717, 1.165) is 31.7 Å². The molecule has 6 nitrogen and oxygen atoms in total. The van der Waals surface area contributed by atoms with Crippen LogP contribution in [0, 0.1) is 18.7 Å². The molecule has 3 heterocycles. The number of likely N-dealkylation sites (tertiary alicyclic amines) is 1. The minimum absolute atomic E-state index is 0.0615. The molecule has 25 heavy (non-hydrogen) atoms. The molecule has 1 amide bonds. The summed E-state index contributed by atoms with van der Waals surface area (Å²) in [4.78, 5) is 18.8. The lowest BCUT2D eigenvalue weighted by Gasteiger charge is -2.17. The minimum atomic E-state index is -0.564. The standard InChI is InChI=1S/C18H24FN5O/c1-12(7-10-24-8-3-4-9-24)18(25)21-17-15(19)16(22-23-17)14-6-5-13(2)20-11-14/h5-6,11-12H,3-4,7-10H2,1-2H3,(H2,21,22,23,25). The van der Waals surface area contributed by atoms with Crippen molar-refractivity contribution in [2.24, 2.45) is 5.92 Å². The van der Waals surface area contributed by atoms with E-state index in [2.05, 4.69) is 25.4 Å². The number of carbonyl (C=O) groups excluding carboxylic acids is 1. The second-order valence-electron chi connectivity index (χ2n) is 6.68. The van der Waals surface area contributed by atoms with Gasteiger partial charge in [-0.1, -0.05) is 6.92 Å². The molecule has 134 valence electrons. The summed E-state index contributed by atoms with van der Waals surface area (Å²) in [6.45, 7) is 6.84. The molecule has 1 aliphatic rings. The molecule has 3 rings (SSSR count). The molecule has 1 saturated heterocycles. The number of hydrogen-bond donors (Lipinski definition) is 2. The normalized spacial score (nSPS) is 16.1. The van der Waals surface area contributed by atoms with Crippen LogP contribution < -0.4 is 5.32 Å². The highest BCUT2D eigenvalue weighted by molar-refractivity contribution is 5.92. The second-order valence-corrected chi connectivity index (χ2v) is 6.68. The summed E-state index contributed by atoms with van der Waals surface area (Å²) in [7, 11) is 0. The van der Waals surface area contributed by atoms with Crippen LogP contribution >= 0.6 is 0 Å². The molecule has 0 aliphatic carbocycles. The molecule has 1 atom stereocenters. The molecule has 1 aliphatic heterocycles. The number of halogens is 1. The fourth-order valence-electron chi connectivity index (χ4n) is 2.97. The van der Waals surface area contributed by atoms with Crippen LogP contribution in [0.2, 0.25) is 0 Å². The van der Waals surface area contributed by atoms with E-state index in [4.69, 9.17) is 0 Å². The van der Waals surface area contributed by atoms with Crippen molar-refractivity contribution in [3.8, 4) is 11.3 Å². The Morgan fingerprint density at radius 2 is 2.16 bits per heavy atom. The highest BCUT2D eigenvalue weighted by Crippen LogP contribution is 2.25. The molecule has 0 aromatic carbocycles. The van der Waals surface area contributed by atoms with Gasteiger partial charge < -0.3 is 10.2 Å². The maximum atomic E-state index is 14.5. The molecule has 2 aromatic heterocycles. The van der Waals surface area contributed by atoms with Gasteiger partial charge >= 0.3 is 0 Å². The quantitative estimate of drug-likeness (QED) is 0.844. The van der Waals surface area contributed by atoms with Gasteiger partial charge in [-0.15, -0.1) is 0 Å². The van der Waals surface area contributed by atoms with E-state index >= 15 is 0 Å². The molecule has 1 unspecified atom stereocenters. The van der Waals surface area contributed by atoms with Crippen LogP contribution in [0.15, 0.2) is 18.3 Å². The zero-order valence-electron chi connectivity index (χ0n) is 14.7. The van der Waals surface area contributed by atoms with Gasteiger partial charge in [-0.2, -0.15) is 5.10 Å². The predicted octanol–water partition coefficient (Wildman–Crippen LogP) is 2.98. The monoisotopic (exact) mass is 345 g/mol. The summed E-state index contributed by atoms with van der Waals surface area (Å²) < 4.78 is 14.5. The number of amides is 1. The van der Waals surface area contributed by atoms with E-state index in [1.807, 2.05) is 13.8 Å². The molecule has 2 aromatic rings. The Morgan fingerprint density at radius 3 is 2.84 bits per heavy atom. The highest BCUT2D eigenvalue weighted by atomic mass is 19.1. The molecular weight excluding hydrogens is 321 g/mol. The summed E-state index contributed by atoms with van der Waals surface area (Å²) in [5.41, 5.74) is 1.68. The predicted molar refractivity (Wildman–Crippen MR) is 94.6 cm³/mol. The van der Waals surface area contributed by atoms with E-state index in [1.54, 1.807) is 18.3 Å². The van der Waals surface area contributed by atoms with Crippen LogP contribution in [-0.2, 0) is 4.79 Å². The zero-order chi connectivity index (χ0) is 17.8. The van der Waals surface area contributed by atoms with Crippen LogP contribution in [-0.4, -0.2) is 45.6 Å². The van der Waals surface area contributed by atoms with Crippen LogP contribution in [0.3, 0.4) is 0 Å². The molecule has 1 fully saturated rings. The Balaban J connectivity index is 1.60. The molecule has 7 heteroatoms. The van der Waals surface area contributed by atoms with Crippen molar-refractivity contribution in [1.82, 2.24) is 20.1 Å². The molecule has 2 N–H and O–H groups in total. The average Bonchev–Trinajstić information content (AvgIpc) is 3.24. The second kappa shape index (κ2) is 7.74. The third kappa shape index (κ3) is 4.22. The Morgan fingerprint density at radius 1 is 1.40 bits per heavy atom. The van der Waals surface area contributed by atoms with Crippen LogP contribution in [0.1, 0.15) is 31.9 Å². The van der Waals surface area contributed by atoms with Gasteiger partial charge in [-0.25, -0.2) is 4.39 Å². The fraction of sp³-hybridized carbons (Fsp3) is 0.500. The third-order valence-electron chi connectivity index (χ3n) is 4.67. The first-order valence-corrected chi connectivity index (χ1v) is 8.74. The molecular formula is C18H24FN5O. The average molecular weight is 345 g/mol. The topological polar surface area (TPSA) is 73.9 Å². The highest BCUT2D eigenvalue weighted by Gasteiger charge is 2.21. The minimum Gasteiger partial charge on any atom is -0.307 e. The Bertz CT molecular complexity index is 722. The van der Waals surface area contributed by atoms with Crippen molar-refractivity contribution < 1.29 is 9.18 Å². The van der Waals surface area contributed by atoms with Gasteiger partial charge in [0.05, 0.1) is 0 Å². The first-order chi connectivity index (χ1) is 12.0. The summed E-state index contributed by atoms with van der Waals surface area (Å²) in [6, 6.07) is 3.57. The summed E-state index contributed by atoms with van der Waals surface area (Å²) in [6.07, 6.45) is 4.80. The molecule has 0 spiro atoms. The lowest BCUT2D eigenvalue weighted by Crippen LogP contribution is -2.27. The number of hydrogen-bond acceptors (Lipinski definition) is 4. The van der Waals surface area contributed by atoms with Gasteiger partial charge in [0.2, 0.25) is 5.91 Å². The molecule has 0 radical (unpaired) electrons. The largest absolute Gasteiger partial charge is 0.307 e. The van der Waals surface area contributed by atoms with Crippen LogP contribution in [0.5, 0.6) is 0 Å². The van der Waals surface area contributed by atoms with E-state index < -0.39 is 5.82 Å². The summed E-state index contributed by atoms with van der Waals surface area (Å²) in [5, 5.41) is 9.14. The van der Waals surface area contributed by atoms with Crippen molar-refractivity contribution in [3.05, 3.63) is 29.8 Å². The number of anilines is 1. The van der Waals surface area contributed by atoms with Crippen molar-refractivity contribution in [3.63, 3.8) is 0 Å². The maximum absolute atomic E-state index is 14.5. The van der Waals surface area contributed by atoms with Gasteiger partial charge in [0.15, 0.2) is 11.6 Å². The molecule has 0 saturated carbocycles. The van der Waals surface area contributed by atoms with E-state index in [1.165, 1.54) is 12.8 Å². The number of rotatable bonds is 6. The van der Waals surface area contributed by atoms with Gasteiger partial charge in [0.1, 0.15) is 5.69 Å². The van der Waals surface area contributed by atoms with Crippen molar-refractivity contribution >= 4 is 11.7 Å². The lowest BCUT2D eigenvalue weighted by molar-refractivity contribution is -0.119. The Kier molecular flexibility index (Phi) is 5.43. The van der Waals surface area contributed by atoms with Crippen LogP contribution in [0.4, 0.5) is 10.2 Å². The number of aromatic nitrogens is 3. The van der Waals surface area contributed by atoms with Gasteiger partial charge in [0, 0.05) is 23.4 Å². The number of pyridine rings is 1. The Hall–Kier alpha value is -2.28. The number of aryl methyl sites for hydroxylation is 1. The molecule has 0 bridgehead atoms. The van der Waals surface area contributed by atoms with Gasteiger partial charge in [-0.3, -0.25) is 14.9 Å². The maximum Gasteiger partial charge on any atom is 0.228 e. The van der Waals surface area contributed by atoms with Gasteiger partial charge in [0.25, 0.3) is 0 Å². The number of carbonyl (C=O) groups is 1. The zero-order valence-corrected chi connectivity index (χ0v) is 14.7. The smallest absolute Gasteiger partial charge is 0.228 e. The number of nitrogens with one attached hydrogen (secondary N) is 2. The van der Waals surface area contributed by atoms with Crippen molar-refractivity contribution in [1.29, 1.82) is 0 Å². The van der Waals surface area contributed by atoms with Crippen LogP contribution in [0.25, 0.3) is 11.3 Å². The first-order valence-electron chi connectivity index (χ1n) is 8.74. The number of H-pyrrole nitrogens is 1. The van der Waals surface area contributed by atoms with E-state index in [0.29, 0.717) is 5.56 Å². The lowest BCUT2D eigenvalue weighted by atomic mass is 10.1. The SMILES string of the molecule is Cc1ccc(-c2[nH]nc(NC(=O)C(C)CCN3CCCC3)c2F)cn1. The van der Waals surface area contributed by atoms with E-state index in [9.17, 15) is 9.18 Å². The van der Waals surface area contributed by atoms with Gasteiger partial charge in [-0.05, 0) is 58.0 Å². The summed E-state index contributed by atoms with van der Waals surface area (Å²) >= 11 is 0. The Labute approximate surface area is 146 Å². The summed E-state index contributed by atoms with van der Waals surface area (Å²) in [5.74, 6) is -1.03. The first kappa shape index (κ1) is 17.5. The van der Waals surface area contributed by atoms with Crippen molar-refractivity contribution in [2.75, 3.05) is 25.0 Å². The third-order valence-corrected chi connectivity index (χ3v) is 4.67.